The highest BCUT2D eigenvalue weighted by Gasteiger charge is 2.38. The summed E-state index contributed by atoms with van der Waals surface area (Å²) in [6.07, 6.45) is -5.48. The molecule has 1 saturated heterocycles. The summed E-state index contributed by atoms with van der Waals surface area (Å²) in [4.78, 5) is 13.6. The molecule has 1 amide bonds. The molecule has 0 unspecified atom stereocenters. The fourth-order valence-corrected chi connectivity index (χ4v) is 2.30. The molecule has 1 aromatic carbocycles. The molecule has 122 valence electrons. The fourth-order valence-electron chi connectivity index (χ4n) is 2.30. The minimum Gasteiger partial charge on any atom is -0.394 e. The van der Waals surface area contributed by atoms with E-state index in [1.165, 1.54) is 4.90 Å². The number of ether oxygens (including phenoxy) is 1. The maximum Gasteiger partial charge on any atom is 0.417 e. The summed E-state index contributed by atoms with van der Waals surface area (Å²) in [7, 11) is 0. The highest BCUT2D eigenvalue weighted by atomic mass is 19.4. The van der Waals surface area contributed by atoms with E-state index in [1.807, 2.05) is 0 Å². The number of carbonyl (C=O) groups excluding carboxylic acids is 1. The summed E-state index contributed by atoms with van der Waals surface area (Å²) < 4.78 is 57.3. The van der Waals surface area contributed by atoms with Crippen LogP contribution in [0.15, 0.2) is 18.2 Å². The van der Waals surface area contributed by atoms with E-state index in [0.29, 0.717) is 6.07 Å². The number of aliphatic hydroxyl groups excluding tert-OH is 1. The number of carbonyl (C=O) groups is 1. The minimum absolute atomic E-state index is 0.0226. The van der Waals surface area contributed by atoms with Crippen LogP contribution in [0.4, 0.5) is 17.6 Å². The molecule has 0 aromatic heterocycles. The van der Waals surface area contributed by atoms with E-state index in [9.17, 15) is 22.4 Å². The third-order valence-electron chi connectivity index (χ3n) is 3.49. The van der Waals surface area contributed by atoms with Gasteiger partial charge in [0.15, 0.2) is 0 Å². The number of alkyl halides is 3. The largest absolute Gasteiger partial charge is 0.417 e. The second-order valence-electron chi connectivity index (χ2n) is 5.13. The van der Waals surface area contributed by atoms with Crippen molar-refractivity contribution in [1.82, 2.24) is 4.90 Å². The van der Waals surface area contributed by atoms with Crippen LogP contribution < -0.4 is 0 Å². The molecule has 22 heavy (non-hydrogen) atoms. The topological polar surface area (TPSA) is 49.8 Å². The maximum atomic E-state index is 13.1. The van der Waals surface area contributed by atoms with Gasteiger partial charge in [-0.25, -0.2) is 4.39 Å². The molecule has 1 N–H and O–H groups in total. The number of amides is 1. The Morgan fingerprint density at radius 1 is 1.45 bits per heavy atom. The van der Waals surface area contributed by atoms with Gasteiger partial charge in [0, 0.05) is 6.54 Å². The summed E-state index contributed by atoms with van der Waals surface area (Å²) in [5, 5.41) is 9.08. The van der Waals surface area contributed by atoms with Crippen molar-refractivity contribution >= 4 is 5.91 Å². The molecule has 4 nitrogen and oxygen atoms in total. The van der Waals surface area contributed by atoms with Gasteiger partial charge < -0.3 is 14.7 Å². The zero-order valence-corrected chi connectivity index (χ0v) is 11.7. The average molecular weight is 321 g/mol. The van der Waals surface area contributed by atoms with E-state index >= 15 is 0 Å². The van der Waals surface area contributed by atoms with Gasteiger partial charge in [0.1, 0.15) is 5.82 Å². The Kier molecular flexibility index (Phi) is 4.72. The Bertz CT molecular complexity index is 562. The monoisotopic (exact) mass is 321 g/mol. The third kappa shape index (κ3) is 3.38. The molecule has 1 heterocycles. The lowest BCUT2D eigenvalue weighted by molar-refractivity contribution is -0.138. The molecule has 0 bridgehead atoms. The lowest BCUT2D eigenvalue weighted by atomic mass is 10.0. The summed E-state index contributed by atoms with van der Waals surface area (Å²) in [5.74, 6) is -1.92. The van der Waals surface area contributed by atoms with Crippen molar-refractivity contribution in [2.45, 2.75) is 25.2 Å². The molecule has 0 saturated carbocycles. The molecule has 1 aliphatic heterocycles. The summed E-state index contributed by atoms with van der Waals surface area (Å²) in [6.45, 7) is 1.37. The Balaban J connectivity index is 2.36. The van der Waals surface area contributed by atoms with Gasteiger partial charge in [0.25, 0.3) is 5.91 Å². The summed E-state index contributed by atoms with van der Waals surface area (Å²) in [5.41, 5.74) is -1.92. The third-order valence-corrected chi connectivity index (χ3v) is 3.49. The smallest absolute Gasteiger partial charge is 0.394 e. The molecule has 8 heteroatoms. The van der Waals surface area contributed by atoms with Crippen LogP contribution in [0.3, 0.4) is 0 Å². The van der Waals surface area contributed by atoms with Crippen molar-refractivity contribution in [3.8, 4) is 0 Å². The number of rotatable bonds is 2. The van der Waals surface area contributed by atoms with Crippen LogP contribution >= 0.6 is 0 Å². The van der Waals surface area contributed by atoms with Crippen LogP contribution in [0.2, 0.25) is 0 Å². The van der Waals surface area contributed by atoms with Gasteiger partial charge in [-0.3, -0.25) is 4.79 Å². The van der Waals surface area contributed by atoms with E-state index < -0.39 is 41.2 Å². The number of morpholine rings is 1. The van der Waals surface area contributed by atoms with Crippen LogP contribution in [0.25, 0.3) is 0 Å². The zero-order chi connectivity index (χ0) is 16.5. The Labute approximate surface area is 124 Å². The lowest BCUT2D eigenvalue weighted by Gasteiger charge is -2.37. The van der Waals surface area contributed by atoms with E-state index in [1.54, 1.807) is 6.92 Å². The van der Waals surface area contributed by atoms with Crippen LogP contribution in [0.1, 0.15) is 22.8 Å². The lowest BCUT2D eigenvalue weighted by Crippen LogP contribution is -2.52. The van der Waals surface area contributed by atoms with Crippen molar-refractivity contribution in [1.29, 1.82) is 0 Å². The zero-order valence-electron chi connectivity index (χ0n) is 11.7. The number of hydrogen-bond acceptors (Lipinski definition) is 3. The highest BCUT2D eigenvalue weighted by molar-refractivity contribution is 5.96. The predicted octanol–water partition coefficient (Wildman–Crippen LogP) is 2.07. The van der Waals surface area contributed by atoms with Crippen molar-refractivity contribution in [2.24, 2.45) is 0 Å². The Hall–Kier alpha value is -1.67. The van der Waals surface area contributed by atoms with Crippen LogP contribution in [0, 0.1) is 5.82 Å². The summed E-state index contributed by atoms with van der Waals surface area (Å²) in [6, 6.07) is 1.51. The van der Waals surface area contributed by atoms with Gasteiger partial charge >= 0.3 is 6.18 Å². The molecule has 2 rings (SSSR count). The van der Waals surface area contributed by atoms with Gasteiger partial charge in [0.2, 0.25) is 0 Å². The van der Waals surface area contributed by atoms with Gasteiger partial charge in [-0.05, 0) is 25.1 Å². The molecule has 0 radical (unpaired) electrons. The van der Waals surface area contributed by atoms with E-state index in [2.05, 4.69) is 0 Å². The molecule has 2 atom stereocenters. The fraction of sp³-hybridized carbons (Fsp3) is 0.500. The molecule has 1 aliphatic rings. The number of benzene rings is 1. The molecule has 0 spiro atoms. The molecule has 1 fully saturated rings. The molecular weight excluding hydrogens is 306 g/mol. The van der Waals surface area contributed by atoms with Gasteiger partial charge in [-0.2, -0.15) is 13.2 Å². The Morgan fingerprint density at radius 2 is 2.14 bits per heavy atom. The number of halogens is 4. The van der Waals surface area contributed by atoms with Gasteiger partial charge in [-0.15, -0.1) is 0 Å². The number of hydrogen-bond donors (Lipinski definition) is 1. The molecule has 0 aliphatic carbocycles. The SMILES string of the molecule is C[C@H]1CO[C@H](CO)CN1C(=O)c1ccc(F)cc1C(F)(F)F. The van der Waals surface area contributed by atoms with Crippen molar-refractivity contribution in [3.05, 3.63) is 35.1 Å². The molecular formula is C14H15F4NO3. The van der Waals surface area contributed by atoms with Crippen molar-refractivity contribution in [3.63, 3.8) is 0 Å². The molecule has 1 aromatic rings. The van der Waals surface area contributed by atoms with Crippen LogP contribution in [0.5, 0.6) is 0 Å². The van der Waals surface area contributed by atoms with Crippen molar-refractivity contribution < 1.29 is 32.2 Å². The van der Waals surface area contributed by atoms with Gasteiger partial charge in [0.05, 0.1) is 36.5 Å². The summed E-state index contributed by atoms with van der Waals surface area (Å²) >= 11 is 0. The first-order chi connectivity index (χ1) is 10.2. The first kappa shape index (κ1) is 16.7. The van der Waals surface area contributed by atoms with E-state index in [-0.39, 0.29) is 19.8 Å². The standard InChI is InChI=1S/C14H15F4NO3/c1-8-7-22-10(6-20)5-19(8)13(21)11-3-2-9(15)4-12(11)14(16,17)18/h2-4,8,10,20H,5-7H2,1H3/t8-,10-/m0/s1. The predicted molar refractivity (Wildman–Crippen MR) is 68.7 cm³/mol. The first-order valence-corrected chi connectivity index (χ1v) is 6.64. The number of aliphatic hydroxyl groups is 1. The van der Waals surface area contributed by atoms with E-state index in [0.717, 1.165) is 12.1 Å². The normalized spacial score (nSPS) is 22.7. The Morgan fingerprint density at radius 3 is 2.73 bits per heavy atom. The average Bonchev–Trinajstić information content (AvgIpc) is 2.46. The van der Waals surface area contributed by atoms with Crippen LogP contribution in [-0.4, -0.2) is 47.8 Å². The number of nitrogens with zero attached hydrogens (tertiary/aromatic N) is 1. The van der Waals surface area contributed by atoms with E-state index in [4.69, 9.17) is 9.84 Å². The van der Waals surface area contributed by atoms with Crippen LogP contribution in [-0.2, 0) is 10.9 Å². The van der Waals surface area contributed by atoms with Crippen molar-refractivity contribution in [2.75, 3.05) is 19.8 Å². The minimum atomic E-state index is -4.83. The van der Waals surface area contributed by atoms with Gasteiger partial charge in [-0.1, -0.05) is 0 Å². The second kappa shape index (κ2) is 6.21. The second-order valence-corrected chi connectivity index (χ2v) is 5.13. The highest BCUT2D eigenvalue weighted by Crippen LogP contribution is 2.33. The maximum absolute atomic E-state index is 13.1. The quantitative estimate of drug-likeness (QED) is 0.849. The first-order valence-electron chi connectivity index (χ1n) is 6.64.